The maximum absolute atomic E-state index is 13.6. The Labute approximate surface area is 204 Å². The fraction of sp³-hybridized carbons (Fsp3) is 0.905. The molecule has 5 fully saturated rings. The van der Waals surface area contributed by atoms with Crippen molar-refractivity contribution in [2.24, 2.45) is 5.92 Å². The highest BCUT2D eigenvalue weighted by Crippen LogP contribution is 2.41. The van der Waals surface area contributed by atoms with Gasteiger partial charge in [-0.05, 0) is 52.4 Å². The number of nitrogens with zero attached hydrogens (tertiary/aromatic N) is 2. The lowest BCUT2D eigenvalue weighted by molar-refractivity contribution is -0.142. The SMILES string of the molecule is CC1CC(CN2C(=O)C3CC(S(=O)(=O)NC4(CF)CC4)CCC3N(CC3NOC(C)N3)C2=O)ON1. The van der Waals surface area contributed by atoms with E-state index in [1.54, 1.807) is 4.90 Å². The number of alkyl halides is 1. The van der Waals surface area contributed by atoms with Crippen molar-refractivity contribution in [2.45, 2.75) is 93.7 Å². The minimum absolute atomic E-state index is 0.0834. The fourth-order valence-corrected chi connectivity index (χ4v) is 7.58. The number of halogens is 1. The zero-order valence-electron chi connectivity index (χ0n) is 20.0. The van der Waals surface area contributed by atoms with Gasteiger partial charge in [0.15, 0.2) is 0 Å². The first-order valence-corrected chi connectivity index (χ1v) is 13.9. The first-order chi connectivity index (χ1) is 16.6. The molecule has 4 N–H and O–H groups in total. The lowest BCUT2D eigenvalue weighted by atomic mass is 9.80. The molecule has 0 radical (unpaired) electrons. The van der Waals surface area contributed by atoms with E-state index < -0.39 is 45.5 Å². The highest BCUT2D eigenvalue weighted by atomic mass is 32.2. The molecule has 0 aromatic carbocycles. The van der Waals surface area contributed by atoms with Gasteiger partial charge in [0.1, 0.15) is 19.1 Å². The summed E-state index contributed by atoms with van der Waals surface area (Å²) in [5.74, 6) is -1.04. The zero-order valence-corrected chi connectivity index (χ0v) is 20.9. The number of carbonyl (C=O) groups is 2. The number of hydroxylamine groups is 2. The van der Waals surface area contributed by atoms with Crippen LogP contribution >= 0.6 is 0 Å². The van der Waals surface area contributed by atoms with Gasteiger partial charge in [-0.2, -0.15) is 11.0 Å². The predicted octanol–water partition coefficient (Wildman–Crippen LogP) is -0.312. The van der Waals surface area contributed by atoms with E-state index in [2.05, 4.69) is 21.0 Å². The lowest BCUT2D eigenvalue weighted by Crippen LogP contribution is -2.66. The fourth-order valence-electron chi connectivity index (χ4n) is 5.65. The monoisotopic (exact) mass is 518 g/mol. The van der Waals surface area contributed by atoms with Crippen molar-refractivity contribution < 1.29 is 32.1 Å². The molecule has 2 aliphatic carbocycles. The summed E-state index contributed by atoms with van der Waals surface area (Å²) in [6, 6.07) is -0.726. The number of rotatable bonds is 8. The molecule has 5 aliphatic rings. The van der Waals surface area contributed by atoms with Gasteiger partial charge in [0.25, 0.3) is 0 Å². The van der Waals surface area contributed by atoms with Gasteiger partial charge in [-0.25, -0.2) is 22.3 Å². The topological polar surface area (TPSA) is 141 Å². The number of amides is 3. The summed E-state index contributed by atoms with van der Waals surface area (Å²) in [7, 11) is -3.82. The molecule has 3 aliphatic heterocycles. The van der Waals surface area contributed by atoms with Crippen LogP contribution in [0.2, 0.25) is 0 Å². The molecular weight excluding hydrogens is 483 g/mol. The minimum atomic E-state index is -3.82. The average molecular weight is 519 g/mol. The Morgan fingerprint density at radius 2 is 1.89 bits per heavy atom. The number of urea groups is 1. The van der Waals surface area contributed by atoms with Gasteiger partial charge >= 0.3 is 6.03 Å². The van der Waals surface area contributed by atoms with Crippen LogP contribution in [-0.2, 0) is 24.5 Å². The van der Waals surface area contributed by atoms with E-state index in [4.69, 9.17) is 9.68 Å². The van der Waals surface area contributed by atoms with Gasteiger partial charge < -0.3 is 4.90 Å². The van der Waals surface area contributed by atoms with E-state index in [-0.39, 0.29) is 50.0 Å². The molecule has 35 heavy (non-hydrogen) atoms. The second-order valence-electron chi connectivity index (χ2n) is 10.6. The summed E-state index contributed by atoms with van der Waals surface area (Å²) >= 11 is 0. The van der Waals surface area contributed by atoms with Gasteiger partial charge in [0.2, 0.25) is 15.9 Å². The highest BCUT2D eigenvalue weighted by molar-refractivity contribution is 7.90. The molecule has 3 saturated heterocycles. The maximum Gasteiger partial charge on any atom is 0.327 e. The van der Waals surface area contributed by atoms with E-state index in [1.165, 1.54) is 4.90 Å². The van der Waals surface area contributed by atoms with Crippen LogP contribution in [0.1, 0.15) is 52.4 Å². The number of fused-ring (bicyclic) bond motifs is 1. The Balaban J connectivity index is 1.36. The molecule has 198 valence electrons. The van der Waals surface area contributed by atoms with Gasteiger partial charge in [0, 0.05) is 12.1 Å². The van der Waals surface area contributed by atoms with Crippen LogP contribution < -0.4 is 21.0 Å². The van der Waals surface area contributed by atoms with Crippen molar-refractivity contribution in [1.29, 1.82) is 0 Å². The van der Waals surface area contributed by atoms with Gasteiger partial charge in [-0.3, -0.25) is 24.7 Å². The summed E-state index contributed by atoms with van der Waals surface area (Å²) in [4.78, 5) is 40.8. The Morgan fingerprint density at radius 3 is 2.49 bits per heavy atom. The van der Waals surface area contributed by atoms with Crippen LogP contribution in [0.15, 0.2) is 0 Å². The van der Waals surface area contributed by atoms with E-state index in [0.29, 0.717) is 32.1 Å². The number of sulfonamides is 1. The Kier molecular flexibility index (Phi) is 6.83. The van der Waals surface area contributed by atoms with Crippen LogP contribution in [0, 0.1) is 5.92 Å². The van der Waals surface area contributed by atoms with Gasteiger partial charge in [-0.15, -0.1) is 0 Å². The highest BCUT2D eigenvalue weighted by Gasteiger charge is 2.54. The van der Waals surface area contributed by atoms with Crippen molar-refractivity contribution in [2.75, 3.05) is 19.8 Å². The summed E-state index contributed by atoms with van der Waals surface area (Å²) < 4.78 is 42.1. The number of hydrogen-bond acceptors (Lipinski definition) is 9. The molecule has 12 nitrogen and oxygen atoms in total. The molecule has 5 rings (SSSR count). The first-order valence-electron chi connectivity index (χ1n) is 12.4. The molecule has 3 amide bonds. The number of carbonyl (C=O) groups excluding carboxylic acids is 2. The van der Waals surface area contributed by atoms with Crippen LogP contribution in [-0.4, -0.2) is 91.3 Å². The third-order valence-corrected chi connectivity index (χ3v) is 9.80. The summed E-state index contributed by atoms with van der Waals surface area (Å²) in [6.45, 7) is 3.40. The molecule has 7 unspecified atom stereocenters. The molecule has 7 atom stereocenters. The molecule has 14 heteroatoms. The number of imide groups is 1. The van der Waals surface area contributed by atoms with Crippen molar-refractivity contribution in [1.82, 2.24) is 30.8 Å². The van der Waals surface area contributed by atoms with Crippen molar-refractivity contribution in [3.05, 3.63) is 0 Å². The minimum Gasteiger partial charge on any atom is -0.318 e. The first kappa shape index (κ1) is 25.2. The van der Waals surface area contributed by atoms with Crippen molar-refractivity contribution >= 4 is 22.0 Å². The van der Waals surface area contributed by atoms with Crippen LogP contribution in [0.4, 0.5) is 9.18 Å². The van der Waals surface area contributed by atoms with E-state index in [9.17, 15) is 22.4 Å². The molecule has 2 saturated carbocycles. The van der Waals surface area contributed by atoms with Crippen molar-refractivity contribution in [3.63, 3.8) is 0 Å². The van der Waals surface area contributed by atoms with Crippen molar-refractivity contribution in [3.8, 4) is 0 Å². The molecule has 0 aromatic heterocycles. The molecular formula is C21H35FN6O6S. The zero-order chi connectivity index (χ0) is 25.0. The summed E-state index contributed by atoms with van der Waals surface area (Å²) in [6.07, 6.45) is 1.45. The summed E-state index contributed by atoms with van der Waals surface area (Å²) in [5, 5.41) is 2.37. The van der Waals surface area contributed by atoms with Crippen LogP contribution in [0.25, 0.3) is 0 Å². The maximum atomic E-state index is 13.6. The number of nitrogens with one attached hydrogen (secondary N) is 4. The van der Waals surface area contributed by atoms with Crippen LogP contribution in [0.5, 0.6) is 0 Å². The van der Waals surface area contributed by atoms with E-state index >= 15 is 0 Å². The van der Waals surface area contributed by atoms with Gasteiger partial charge in [-0.1, -0.05) is 0 Å². The lowest BCUT2D eigenvalue weighted by Gasteiger charge is -2.49. The third-order valence-electron chi connectivity index (χ3n) is 7.77. The third kappa shape index (κ3) is 5.06. The molecule has 0 aromatic rings. The molecule has 0 bridgehead atoms. The Hall–Kier alpha value is -1.42. The molecule has 0 spiro atoms. The van der Waals surface area contributed by atoms with Crippen LogP contribution in [0.3, 0.4) is 0 Å². The van der Waals surface area contributed by atoms with Gasteiger partial charge in [0.05, 0.1) is 35.9 Å². The molecule has 3 heterocycles. The normalized spacial score (nSPS) is 39.2. The summed E-state index contributed by atoms with van der Waals surface area (Å²) in [5.41, 5.74) is 4.74. The smallest absolute Gasteiger partial charge is 0.318 e. The number of hydrogen-bond donors (Lipinski definition) is 4. The Morgan fingerprint density at radius 1 is 1.11 bits per heavy atom. The quantitative estimate of drug-likeness (QED) is 0.340. The van der Waals surface area contributed by atoms with E-state index in [1.807, 2.05) is 13.8 Å². The largest absolute Gasteiger partial charge is 0.327 e. The second-order valence-corrected chi connectivity index (χ2v) is 12.6. The Bertz CT molecular complexity index is 951. The average Bonchev–Trinajstić information content (AvgIpc) is 3.26. The standard InChI is InChI=1S/C21H35FN6O6S/c1-12-7-14(34-24-12)9-28-19(29)16-8-15(35(31,32)26-21(11-22)5-6-21)3-4-17(16)27(20(28)30)10-18-23-13(2)33-25-18/h12-18,23-26H,3-11H2,1-2H3. The second kappa shape index (κ2) is 9.47. The predicted molar refractivity (Wildman–Crippen MR) is 121 cm³/mol. The van der Waals surface area contributed by atoms with E-state index in [0.717, 1.165) is 0 Å².